The Morgan fingerprint density at radius 1 is 1.20 bits per heavy atom. The van der Waals surface area contributed by atoms with Crippen LogP contribution in [0.3, 0.4) is 0 Å². The fourth-order valence-corrected chi connectivity index (χ4v) is 2.16. The molecule has 0 aliphatic heterocycles. The van der Waals surface area contributed by atoms with Crippen LogP contribution in [-0.2, 0) is 6.18 Å². The highest BCUT2D eigenvalue weighted by Gasteiger charge is 2.31. The Hall–Kier alpha value is -1.03. The lowest BCUT2D eigenvalue weighted by Crippen LogP contribution is -2.24. The summed E-state index contributed by atoms with van der Waals surface area (Å²) < 4.78 is 38.4. The van der Waals surface area contributed by atoms with Crippen LogP contribution in [0.5, 0.6) is 0 Å². The molecule has 0 fully saturated rings. The van der Waals surface area contributed by atoms with E-state index in [1.807, 2.05) is 0 Å². The van der Waals surface area contributed by atoms with Crippen molar-refractivity contribution in [1.29, 1.82) is 0 Å². The van der Waals surface area contributed by atoms with E-state index in [-0.39, 0.29) is 6.04 Å². The molecule has 1 aromatic rings. The van der Waals surface area contributed by atoms with Gasteiger partial charge in [0.1, 0.15) is 0 Å². The molecule has 1 N–H and O–H groups in total. The van der Waals surface area contributed by atoms with E-state index in [2.05, 4.69) is 26.1 Å². The van der Waals surface area contributed by atoms with Gasteiger partial charge in [0.2, 0.25) is 0 Å². The number of rotatable bonds is 7. The van der Waals surface area contributed by atoms with Crippen LogP contribution in [0, 0.1) is 5.92 Å². The molecular weight excluding hydrogens is 263 g/mol. The summed E-state index contributed by atoms with van der Waals surface area (Å²) in [5.41, 5.74) is 0.163. The van der Waals surface area contributed by atoms with E-state index in [4.69, 9.17) is 0 Å². The Morgan fingerprint density at radius 2 is 1.90 bits per heavy atom. The molecule has 0 aliphatic rings. The van der Waals surface area contributed by atoms with Crippen molar-refractivity contribution in [3.63, 3.8) is 0 Å². The van der Waals surface area contributed by atoms with Crippen molar-refractivity contribution in [2.24, 2.45) is 5.92 Å². The lowest BCUT2D eigenvalue weighted by Gasteiger charge is -2.23. The zero-order chi connectivity index (χ0) is 15.2. The maximum absolute atomic E-state index is 12.8. The van der Waals surface area contributed by atoms with Crippen LogP contribution in [0.1, 0.15) is 57.2 Å². The average molecular weight is 287 g/mol. The van der Waals surface area contributed by atoms with E-state index in [1.165, 1.54) is 12.1 Å². The zero-order valence-corrected chi connectivity index (χ0v) is 12.4. The molecule has 0 saturated heterocycles. The first kappa shape index (κ1) is 17.0. The van der Waals surface area contributed by atoms with E-state index in [9.17, 15) is 13.2 Å². The monoisotopic (exact) mass is 287 g/mol. The van der Waals surface area contributed by atoms with Gasteiger partial charge in [0, 0.05) is 6.04 Å². The smallest absolute Gasteiger partial charge is 0.310 e. The van der Waals surface area contributed by atoms with Crippen LogP contribution < -0.4 is 5.32 Å². The number of hydrogen-bond acceptors (Lipinski definition) is 1. The predicted octanol–water partition coefficient (Wildman–Crippen LogP) is 5.18. The van der Waals surface area contributed by atoms with E-state index in [0.717, 1.165) is 37.4 Å². The van der Waals surface area contributed by atoms with Gasteiger partial charge in [-0.1, -0.05) is 39.3 Å². The summed E-state index contributed by atoms with van der Waals surface area (Å²) >= 11 is 0. The minimum atomic E-state index is -4.28. The van der Waals surface area contributed by atoms with E-state index in [0.29, 0.717) is 5.92 Å². The first-order valence-electron chi connectivity index (χ1n) is 7.29. The summed E-state index contributed by atoms with van der Waals surface area (Å²) in [7, 11) is 0. The standard InChI is InChI=1S/C16H24F3N/c1-4-9-20-15(10-12(3)5-2)13-7-6-8-14(11-13)16(17,18)19/h6-8,11-12,15,20H,4-5,9-10H2,1-3H3. The zero-order valence-electron chi connectivity index (χ0n) is 12.4. The molecular formula is C16H24F3N. The van der Waals surface area contributed by atoms with Crippen LogP contribution >= 0.6 is 0 Å². The summed E-state index contributed by atoms with van der Waals surface area (Å²) in [5, 5.41) is 3.36. The summed E-state index contributed by atoms with van der Waals surface area (Å²) in [6.07, 6.45) is -1.42. The van der Waals surface area contributed by atoms with Crippen molar-refractivity contribution in [2.75, 3.05) is 6.54 Å². The Kier molecular flexibility index (Phi) is 6.53. The summed E-state index contributed by atoms with van der Waals surface area (Å²) in [6, 6.07) is 5.67. The molecule has 0 aliphatic carbocycles. The van der Waals surface area contributed by atoms with Crippen molar-refractivity contribution in [3.05, 3.63) is 35.4 Å². The van der Waals surface area contributed by atoms with Gasteiger partial charge < -0.3 is 5.32 Å². The van der Waals surface area contributed by atoms with Crippen LogP contribution in [0.2, 0.25) is 0 Å². The number of benzene rings is 1. The minimum Gasteiger partial charge on any atom is -0.310 e. The van der Waals surface area contributed by atoms with Crippen molar-refractivity contribution >= 4 is 0 Å². The third-order valence-corrected chi connectivity index (χ3v) is 3.59. The highest BCUT2D eigenvalue weighted by atomic mass is 19.4. The quantitative estimate of drug-likeness (QED) is 0.728. The molecule has 0 spiro atoms. The van der Waals surface area contributed by atoms with Gasteiger partial charge in [-0.15, -0.1) is 0 Å². The maximum atomic E-state index is 12.8. The molecule has 4 heteroatoms. The minimum absolute atomic E-state index is 0.00722. The van der Waals surface area contributed by atoms with Crippen molar-refractivity contribution < 1.29 is 13.2 Å². The van der Waals surface area contributed by atoms with Crippen molar-refractivity contribution in [2.45, 2.75) is 52.3 Å². The van der Waals surface area contributed by atoms with Crippen LogP contribution in [0.4, 0.5) is 13.2 Å². The fourth-order valence-electron chi connectivity index (χ4n) is 2.16. The van der Waals surface area contributed by atoms with Gasteiger partial charge in [-0.25, -0.2) is 0 Å². The van der Waals surface area contributed by atoms with Gasteiger partial charge in [-0.3, -0.25) is 0 Å². The number of nitrogens with one attached hydrogen (secondary N) is 1. The molecule has 20 heavy (non-hydrogen) atoms. The molecule has 0 amide bonds. The lowest BCUT2D eigenvalue weighted by atomic mass is 9.93. The predicted molar refractivity (Wildman–Crippen MR) is 76.6 cm³/mol. The van der Waals surface area contributed by atoms with E-state index in [1.54, 1.807) is 6.07 Å². The number of alkyl halides is 3. The van der Waals surface area contributed by atoms with Gasteiger partial charge in [0.25, 0.3) is 0 Å². The molecule has 0 aromatic heterocycles. The lowest BCUT2D eigenvalue weighted by molar-refractivity contribution is -0.137. The van der Waals surface area contributed by atoms with Gasteiger partial charge in [-0.05, 0) is 43.0 Å². The molecule has 0 heterocycles. The molecule has 2 atom stereocenters. The van der Waals surface area contributed by atoms with E-state index < -0.39 is 11.7 Å². The molecule has 1 rings (SSSR count). The fraction of sp³-hybridized carbons (Fsp3) is 0.625. The molecule has 114 valence electrons. The van der Waals surface area contributed by atoms with Gasteiger partial charge in [0.15, 0.2) is 0 Å². The van der Waals surface area contributed by atoms with Crippen LogP contribution in [0.15, 0.2) is 24.3 Å². The first-order valence-corrected chi connectivity index (χ1v) is 7.29. The molecule has 0 bridgehead atoms. The topological polar surface area (TPSA) is 12.0 Å². The summed E-state index contributed by atoms with van der Waals surface area (Å²) in [5.74, 6) is 0.485. The number of halogens is 3. The maximum Gasteiger partial charge on any atom is 0.416 e. The average Bonchev–Trinajstić information content (AvgIpc) is 2.42. The Balaban J connectivity index is 2.94. The van der Waals surface area contributed by atoms with Gasteiger partial charge in [0.05, 0.1) is 5.56 Å². The third kappa shape index (κ3) is 5.16. The van der Waals surface area contributed by atoms with E-state index >= 15 is 0 Å². The van der Waals surface area contributed by atoms with Crippen LogP contribution in [0.25, 0.3) is 0 Å². The molecule has 0 saturated carbocycles. The summed E-state index contributed by atoms with van der Waals surface area (Å²) in [6.45, 7) is 7.11. The second-order valence-electron chi connectivity index (χ2n) is 5.38. The molecule has 1 aromatic carbocycles. The molecule has 2 unspecified atom stereocenters. The Labute approximate surface area is 119 Å². The number of hydrogen-bond donors (Lipinski definition) is 1. The van der Waals surface area contributed by atoms with Gasteiger partial charge >= 0.3 is 6.18 Å². The largest absolute Gasteiger partial charge is 0.416 e. The van der Waals surface area contributed by atoms with Crippen LogP contribution in [-0.4, -0.2) is 6.54 Å². The Bertz CT molecular complexity index is 401. The second kappa shape index (κ2) is 7.67. The summed E-state index contributed by atoms with van der Waals surface area (Å²) in [4.78, 5) is 0. The second-order valence-corrected chi connectivity index (χ2v) is 5.38. The normalized spacial score (nSPS) is 15.1. The SMILES string of the molecule is CCCNC(CC(C)CC)c1cccc(C(F)(F)F)c1. The third-order valence-electron chi connectivity index (χ3n) is 3.59. The molecule has 0 radical (unpaired) electrons. The molecule has 1 nitrogen and oxygen atoms in total. The van der Waals surface area contributed by atoms with Gasteiger partial charge in [-0.2, -0.15) is 13.2 Å². The van der Waals surface area contributed by atoms with Crippen molar-refractivity contribution in [1.82, 2.24) is 5.32 Å². The van der Waals surface area contributed by atoms with Crippen molar-refractivity contribution in [3.8, 4) is 0 Å². The highest BCUT2D eigenvalue weighted by Crippen LogP contribution is 2.32. The highest BCUT2D eigenvalue weighted by molar-refractivity contribution is 5.28. The Morgan fingerprint density at radius 3 is 2.45 bits per heavy atom. The first-order chi connectivity index (χ1) is 9.38.